The van der Waals surface area contributed by atoms with E-state index in [0.29, 0.717) is 6.42 Å². The van der Waals surface area contributed by atoms with Crippen molar-refractivity contribution >= 4 is 27.5 Å². The minimum atomic E-state index is 0.157. The molecule has 1 aromatic rings. The van der Waals surface area contributed by atoms with Gasteiger partial charge in [-0.1, -0.05) is 48.0 Å². The molecule has 0 atom stereocenters. The number of anilines is 1. The quantitative estimate of drug-likeness (QED) is 0.786. The van der Waals surface area contributed by atoms with Gasteiger partial charge in [0.2, 0.25) is 5.91 Å². The third-order valence-corrected chi connectivity index (χ3v) is 4.72. The summed E-state index contributed by atoms with van der Waals surface area (Å²) in [6, 6.07) is 4.09. The first-order chi connectivity index (χ1) is 9.56. The van der Waals surface area contributed by atoms with Crippen LogP contribution >= 0.6 is 15.9 Å². The van der Waals surface area contributed by atoms with Gasteiger partial charge in [-0.15, -0.1) is 0 Å². The second kappa shape index (κ2) is 7.26. The Hall–Kier alpha value is -0.830. The maximum atomic E-state index is 12.1. The normalized spacial score (nSPS) is 16.1. The lowest BCUT2D eigenvalue weighted by molar-refractivity contribution is -0.116. The third-order valence-electron chi connectivity index (χ3n) is 4.27. The molecule has 1 N–H and O–H groups in total. The zero-order valence-corrected chi connectivity index (χ0v) is 14.1. The predicted octanol–water partition coefficient (Wildman–Crippen LogP) is 5.36. The van der Waals surface area contributed by atoms with Crippen molar-refractivity contribution in [1.82, 2.24) is 0 Å². The van der Waals surface area contributed by atoms with Crippen LogP contribution in [0.15, 0.2) is 16.6 Å². The largest absolute Gasteiger partial charge is 0.326 e. The predicted molar refractivity (Wildman–Crippen MR) is 88.1 cm³/mol. The number of carbonyl (C=O) groups is 1. The summed E-state index contributed by atoms with van der Waals surface area (Å²) in [4.78, 5) is 12.1. The Bertz CT molecular complexity index is 455. The van der Waals surface area contributed by atoms with Crippen molar-refractivity contribution in [3.63, 3.8) is 0 Å². The van der Waals surface area contributed by atoms with Crippen molar-refractivity contribution < 1.29 is 4.79 Å². The number of rotatable bonds is 4. The topological polar surface area (TPSA) is 29.1 Å². The van der Waals surface area contributed by atoms with Crippen molar-refractivity contribution in [1.29, 1.82) is 0 Å². The molecule has 3 heteroatoms. The van der Waals surface area contributed by atoms with Gasteiger partial charge in [0.25, 0.3) is 0 Å². The summed E-state index contributed by atoms with van der Waals surface area (Å²) in [5.74, 6) is 0.922. The van der Waals surface area contributed by atoms with Gasteiger partial charge in [0.1, 0.15) is 0 Å². The van der Waals surface area contributed by atoms with Crippen LogP contribution in [-0.4, -0.2) is 5.91 Å². The Morgan fingerprint density at radius 2 is 1.80 bits per heavy atom. The molecule has 1 saturated carbocycles. The Morgan fingerprint density at radius 3 is 2.40 bits per heavy atom. The number of benzene rings is 1. The summed E-state index contributed by atoms with van der Waals surface area (Å²) in [6.45, 7) is 4.07. The second-order valence-electron chi connectivity index (χ2n) is 6.01. The average Bonchev–Trinajstić information content (AvgIpc) is 2.42. The molecular formula is C17H24BrNO. The highest BCUT2D eigenvalue weighted by atomic mass is 79.9. The fourth-order valence-corrected chi connectivity index (χ4v) is 3.81. The van der Waals surface area contributed by atoms with E-state index >= 15 is 0 Å². The number of halogens is 1. The second-order valence-corrected chi connectivity index (χ2v) is 6.92. The van der Waals surface area contributed by atoms with Crippen LogP contribution in [0, 0.1) is 19.8 Å². The maximum Gasteiger partial charge on any atom is 0.224 e. The first kappa shape index (κ1) is 15.6. The van der Waals surface area contributed by atoms with Crippen LogP contribution < -0.4 is 5.32 Å². The monoisotopic (exact) mass is 337 g/mol. The Balaban J connectivity index is 1.88. The standard InChI is InChI=1S/C17H24BrNO/c1-12-10-15(18)11-13(2)17(12)19-16(20)9-8-14-6-4-3-5-7-14/h10-11,14H,3-9H2,1-2H3,(H,19,20). The maximum absolute atomic E-state index is 12.1. The van der Waals surface area contributed by atoms with Crippen molar-refractivity contribution in [2.24, 2.45) is 5.92 Å². The molecule has 1 amide bonds. The molecule has 1 aliphatic rings. The third kappa shape index (κ3) is 4.34. The van der Waals surface area contributed by atoms with Gasteiger partial charge >= 0.3 is 0 Å². The molecule has 0 saturated heterocycles. The summed E-state index contributed by atoms with van der Waals surface area (Å²) in [5, 5.41) is 3.09. The molecule has 0 bridgehead atoms. The van der Waals surface area contributed by atoms with Crippen LogP contribution in [-0.2, 0) is 4.79 Å². The van der Waals surface area contributed by atoms with Crippen molar-refractivity contribution in [2.75, 3.05) is 5.32 Å². The summed E-state index contributed by atoms with van der Waals surface area (Å²) in [7, 11) is 0. The van der Waals surface area contributed by atoms with Crippen LogP contribution in [0.2, 0.25) is 0 Å². The lowest BCUT2D eigenvalue weighted by Gasteiger charge is -2.21. The van der Waals surface area contributed by atoms with Crippen molar-refractivity contribution in [2.45, 2.75) is 58.8 Å². The molecule has 0 aliphatic heterocycles. The molecule has 110 valence electrons. The molecule has 0 aromatic heterocycles. The number of hydrogen-bond acceptors (Lipinski definition) is 1. The highest BCUT2D eigenvalue weighted by Gasteiger charge is 2.15. The van der Waals surface area contributed by atoms with Crippen LogP contribution in [0.5, 0.6) is 0 Å². The Kier molecular flexibility index (Phi) is 5.64. The first-order valence-electron chi connectivity index (χ1n) is 7.63. The van der Waals surface area contributed by atoms with Gasteiger partial charge in [-0.3, -0.25) is 4.79 Å². The number of aryl methyl sites for hydroxylation is 2. The number of hydrogen-bond donors (Lipinski definition) is 1. The van der Waals surface area contributed by atoms with Crippen LogP contribution in [0.4, 0.5) is 5.69 Å². The molecule has 1 aliphatic carbocycles. The fourth-order valence-electron chi connectivity index (χ4n) is 3.12. The SMILES string of the molecule is Cc1cc(Br)cc(C)c1NC(=O)CCC1CCCCC1. The van der Waals surface area contributed by atoms with E-state index in [1.165, 1.54) is 32.1 Å². The van der Waals surface area contributed by atoms with E-state index in [1.54, 1.807) is 0 Å². The molecule has 0 unspecified atom stereocenters. The highest BCUT2D eigenvalue weighted by Crippen LogP contribution is 2.28. The molecule has 1 aromatic carbocycles. The van der Waals surface area contributed by atoms with E-state index in [-0.39, 0.29) is 5.91 Å². The summed E-state index contributed by atoms with van der Waals surface area (Å²) < 4.78 is 1.06. The van der Waals surface area contributed by atoms with Crippen molar-refractivity contribution in [3.05, 3.63) is 27.7 Å². The molecule has 1 fully saturated rings. The smallest absolute Gasteiger partial charge is 0.224 e. The fraction of sp³-hybridized carbons (Fsp3) is 0.588. The average molecular weight is 338 g/mol. The van der Waals surface area contributed by atoms with E-state index in [1.807, 2.05) is 26.0 Å². The van der Waals surface area contributed by atoms with Gasteiger partial charge in [0.05, 0.1) is 0 Å². The van der Waals surface area contributed by atoms with Gasteiger partial charge in [-0.2, -0.15) is 0 Å². The van der Waals surface area contributed by atoms with E-state index in [4.69, 9.17) is 0 Å². The van der Waals surface area contributed by atoms with Gasteiger partial charge < -0.3 is 5.32 Å². The molecule has 0 heterocycles. The van der Waals surface area contributed by atoms with Crippen molar-refractivity contribution in [3.8, 4) is 0 Å². The zero-order chi connectivity index (χ0) is 14.5. The van der Waals surface area contributed by atoms with Crippen LogP contribution in [0.1, 0.15) is 56.1 Å². The zero-order valence-electron chi connectivity index (χ0n) is 12.5. The van der Waals surface area contributed by atoms with Gasteiger partial charge in [-0.05, 0) is 49.4 Å². The van der Waals surface area contributed by atoms with Gasteiger partial charge in [0.15, 0.2) is 0 Å². The number of nitrogens with one attached hydrogen (secondary N) is 1. The minimum Gasteiger partial charge on any atom is -0.326 e. The first-order valence-corrected chi connectivity index (χ1v) is 8.42. The van der Waals surface area contributed by atoms with E-state index in [9.17, 15) is 4.79 Å². The molecule has 20 heavy (non-hydrogen) atoms. The van der Waals surface area contributed by atoms with E-state index < -0.39 is 0 Å². The minimum absolute atomic E-state index is 0.157. The van der Waals surface area contributed by atoms with E-state index in [0.717, 1.165) is 33.6 Å². The summed E-state index contributed by atoms with van der Waals surface area (Å²) >= 11 is 3.48. The Morgan fingerprint density at radius 1 is 1.20 bits per heavy atom. The molecular weight excluding hydrogens is 314 g/mol. The summed E-state index contributed by atoms with van der Waals surface area (Å²) in [6.07, 6.45) is 8.38. The van der Waals surface area contributed by atoms with Gasteiger partial charge in [-0.25, -0.2) is 0 Å². The molecule has 2 rings (SSSR count). The lowest BCUT2D eigenvalue weighted by Crippen LogP contribution is -2.16. The highest BCUT2D eigenvalue weighted by molar-refractivity contribution is 9.10. The lowest BCUT2D eigenvalue weighted by atomic mass is 9.86. The summed E-state index contributed by atoms with van der Waals surface area (Å²) in [5.41, 5.74) is 3.20. The number of amides is 1. The molecule has 0 radical (unpaired) electrons. The number of carbonyl (C=O) groups excluding carboxylic acids is 1. The van der Waals surface area contributed by atoms with Gasteiger partial charge in [0, 0.05) is 16.6 Å². The van der Waals surface area contributed by atoms with Crippen LogP contribution in [0.25, 0.3) is 0 Å². The van der Waals surface area contributed by atoms with Crippen LogP contribution in [0.3, 0.4) is 0 Å². The van der Waals surface area contributed by atoms with E-state index in [2.05, 4.69) is 21.2 Å². The molecule has 0 spiro atoms. The Labute approximate surface area is 130 Å². The molecule has 2 nitrogen and oxygen atoms in total.